The Hall–Kier alpha value is -1.60. The number of rotatable bonds is 6. The van der Waals surface area contributed by atoms with Crippen LogP contribution in [0.3, 0.4) is 0 Å². The van der Waals surface area contributed by atoms with E-state index in [1.165, 1.54) is 12.1 Å². The van der Waals surface area contributed by atoms with Crippen molar-refractivity contribution in [3.63, 3.8) is 0 Å². The number of aryl methyl sites for hydroxylation is 1. The first-order valence-electron chi connectivity index (χ1n) is 9.39. The summed E-state index contributed by atoms with van der Waals surface area (Å²) in [5.41, 5.74) is 2.16. The monoisotopic (exact) mass is 423 g/mol. The minimum Gasteiger partial charge on any atom is -0.390 e. The summed E-state index contributed by atoms with van der Waals surface area (Å²) in [6, 6.07) is 12.4. The third-order valence-electron chi connectivity index (χ3n) is 5.39. The van der Waals surface area contributed by atoms with E-state index in [2.05, 4.69) is 4.90 Å². The van der Waals surface area contributed by atoms with Crippen LogP contribution in [0.1, 0.15) is 30.4 Å². The number of hydrogen-bond acceptors (Lipinski definition) is 5. The fourth-order valence-electron chi connectivity index (χ4n) is 3.47. The number of hydrogen-bond donors (Lipinski definition) is 1. The van der Waals surface area contributed by atoms with Crippen molar-refractivity contribution >= 4 is 27.4 Å². The molecule has 152 valence electrons. The highest BCUT2D eigenvalue weighted by molar-refractivity contribution is 7.86. The van der Waals surface area contributed by atoms with E-state index in [1.54, 1.807) is 12.1 Å². The molecule has 0 amide bonds. The van der Waals surface area contributed by atoms with Crippen LogP contribution >= 0.6 is 11.6 Å². The molecule has 0 aliphatic carbocycles. The minimum atomic E-state index is -3.80. The molecule has 0 bridgehead atoms. The molecular weight excluding hydrogens is 398 g/mol. The Morgan fingerprint density at radius 1 is 1.11 bits per heavy atom. The molecule has 28 heavy (non-hydrogen) atoms. The van der Waals surface area contributed by atoms with Crippen molar-refractivity contribution in [1.82, 2.24) is 0 Å². The number of benzene rings is 2. The molecular formula is C21H26ClNO4S. The van der Waals surface area contributed by atoms with Crippen LogP contribution in [0.4, 0.5) is 5.69 Å². The van der Waals surface area contributed by atoms with Gasteiger partial charge in [-0.15, -0.1) is 0 Å². The Balaban J connectivity index is 1.55. The standard InChI is InChI=1S/C21H26ClNO4S/c1-16-6-8-18(9-7-16)28(25,26)27-15-12-21(24)10-13-23(14-11-21)20-5-3-4-19(22)17(20)2/h3-9,24H,10-15H2,1-2H3. The molecule has 1 N–H and O–H groups in total. The summed E-state index contributed by atoms with van der Waals surface area (Å²) in [6.45, 7) is 5.21. The van der Waals surface area contributed by atoms with Crippen LogP contribution < -0.4 is 4.90 Å². The van der Waals surface area contributed by atoms with Crippen LogP contribution in [0, 0.1) is 13.8 Å². The molecule has 1 aliphatic rings. The van der Waals surface area contributed by atoms with E-state index in [0.29, 0.717) is 25.9 Å². The van der Waals surface area contributed by atoms with Gasteiger partial charge < -0.3 is 10.0 Å². The Morgan fingerprint density at radius 2 is 1.75 bits per heavy atom. The second kappa shape index (κ2) is 8.41. The third-order valence-corrected chi connectivity index (χ3v) is 7.13. The molecule has 0 radical (unpaired) electrons. The van der Waals surface area contributed by atoms with Crippen LogP contribution in [0.15, 0.2) is 47.4 Å². The van der Waals surface area contributed by atoms with Crippen molar-refractivity contribution in [2.45, 2.75) is 43.6 Å². The largest absolute Gasteiger partial charge is 0.390 e. The van der Waals surface area contributed by atoms with Crippen molar-refractivity contribution in [3.05, 3.63) is 58.6 Å². The van der Waals surface area contributed by atoms with Crippen molar-refractivity contribution in [1.29, 1.82) is 0 Å². The molecule has 3 rings (SSSR count). The van der Waals surface area contributed by atoms with E-state index in [1.807, 2.05) is 32.0 Å². The lowest BCUT2D eigenvalue weighted by atomic mass is 9.88. The molecule has 1 saturated heterocycles. The van der Waals surface area contributed by atoms with Crippen LogP contribution in [0.2, 0.25) is 5.02 Å². The molecule has 1 heterocycles. The van der Waals surface area contributed by atoms with Crippen LogP contribution in [-0.4, -0.2) is 38.8 Å². The predicted octanol–water partition coefficient (Wildman–Crippen LogP) is 4.08. The molecule has 1 aliphatic heterocycles. The number of halogens is 1. The van der Waals surface area contributed by atoms with Gasteiger partial charge in [0.25, 0.3) is 10.1 Å². The van der Waals surface area contributed by atoms with E-state index in [-0.39, 0.29) is 17.9 Å². The summed E-state index contributed by atoms with van der Waals surface area (Å²) >= 11 is 6.21. The topological polar surface area (TPSA) is 66.8 Å². The average Bonchev–Trinajstić information content (AvgIpc) is 2.65. The van der Waals surface area contributed by atoms with E-state index < -0.39 is 15.7 Å². The summed E-state index contributed by atoms with van der Waals surface area (Å²) in [6.07, 6.45) is 1.38. The lowest BCUT2D eigenvalue weighted by molar-refractivity contribution is -0.00201. The summed E-state index contributed by atoms with van der Waals surface area (Å²) < 4.78 is 29.7. The predicted molar refractivity (Wildman–Crippen MR) is 112 cm³/mol. The molecule has 7 heteroatoms. The molecule has 2 aromatic rings. The van der Waals surface area contributed by atoms with Gasteiger partial charge in [-0.2, -0.15) is 8.42 Å². The molecule has 0 saturated carbocycles. The second-order valence-corrected chi connectivity index (χ2v) is 9.46. The zero-order chi connectivity index (χ0) is 20.4. The van der Waals surface area contributed by atoms with Crippen molar-refractivity contribution < 1.29 is 17.7 Å². The van der Waals surface area contributed by atoms with Gasteiger partial charge in [-0.3, -0.25) is 4.18 Å². The zero-order valence-electron chi connectivity index (χ0n) is 16.2. The molecule has 0 spiro atoms. The highest BCUT2D eigenvalue weighted by atomic mass is 35.5. The van der Waals surface area contributed by atoms with Gasteiger partial charge >= 0.3 is 0 Å². The molecule has 0 atom stereocenters. The molecule has 5 nitrogen and oxygen atoms in total. The Kier molecular flexibility index (Phi) is 6.34. The van der Waals surface area contributed by atoms with Crippen LogP contribution in [0.5, 0.6) is 0 Å². The van der Waals surface area contributed by atoms with Gasteiger partial charge in [0.1, 0.15) is 0 Å². The summed E-state index contributed by atoms with van der Waals surface area (Å²) in [5, 5.41) is 11.6. The zero-order valence-corrected chi connectivity index (χ0v) is 17.8. The summed E-state index contributed by atoms with van der Waals surface area (Å²) in [7, 11) is -3.80. The lowest BCUT2D eigenvalue weighted by Gasteiger charge is -2.40. The van der Waals surface area contributed by atoms with Gasteiger partial charge in [0.15, 0.2) is 0 Å². The maximum Gasteiger partial charge on any atom is 0.296 e. The first kappa shape index (κ1) is 21.1. The van der Waals surface area contributed by atoms with E-state index in [4.69, 9.17) is 15.8 Å². The first-order chi connectivity index (χ1) is 13.2. The van der Waals surface area contributed by atoms with Gasteiger partial charge in [-0.05, 0) is 56.5 Å². The maximum absolute atomic E-state index is 12.3. The fourth-order valence-corrected chi connectivity index (χ4v) is 4.54. The van der Waals surface area contributed by atoms with Gasteiger partial charge in [0, 0.05) is 30.2 Å². The van der Waals surface area contributed by atoms with Gasteiger partial charge in [0.05, 0.1) is 17.1 Å². The highest BCUT2D eigenvalue weighted by Gasteiger charge is 2.33. The maximum atomic E-state index is 12.3. The SMILES string of the molecule is Cc1ccc(S(=O)(=O)OCCC2(O)CCN(c3cccc(Cl)c3C)CC2)cc1. The highest BCUT2D eigenvalue weighted by Crippen LogP contribution is 2.32. The normalized spacial score (nSPS) is 16.9. The number of aliphatic hydroxyl groups is 1. The molecule has 0 unspecified atom stereocenters. The fraction of sp³-hybridized carbons (Fsp3) is 0.429. The van der Waals surface area contributed by atoms with Crippen molar-refractivity contribution in [2.75, 3.05) is 24.6 Å². The number of nitrogens with zero attached hydrogens (tertiary/aromatic N) is 1. The summed E-state index contributed by atoms with van der Waals surface area (Å²) in [4.78, 5) is 2.34. The van der Waals surface area contributed by atoms with Gasteiger partial charge in [-0.25, -0.2) is 0 Å². The van der Waals surface area contributed by atoms with Crippen molar-refractivity contribution in [2.24, 2.45) is 0 Å². The number of anilines is 1. The van der Waals surface area contributed by atoms with E-state index in [9.17, 15) is 13.5 Å². The molecule has 0 aromatic heterocycles. The summed E-state index contributed by atoms with van der Waals surface area (Å²) in [5.74, 6) is 0. The Morgan fingerprint density at radius 3 is 2.39 bits per heavy atom. The van der Waals surface area contributed by atoms with Crippen LogP contribution in [0.25, 0.3) is 0 Å². The smallest absolute Gasteiger partial charge is 0.296 e. The quantitative estimate of drug-likeness (QED) is 0.709. The minimum absolute atomic E-state index is 0.0388. The lowest BCUT2D eigenvalue weighted by Crippen LogP contribution is -2.45. The van der Waals surface area contributed by atoms with Crippen molar-refractivity contribution in [3.8, 4) is 0 Å². The van der Waals surface area contributed by atoms with Gasteiger partial charge in [0.2, 0.25) is 0 Å². The first-order valence-corrected chi connectivity index (χ1v) is 11.2. The van der Waals surface area contributed by atoms with E-state index in [0.717, 1.165) is 21.8 Å². The third kappa shape index (κ3) is 4.87. The number of piperidine rings is 1. The van der Waals surface area contributed by atoms with Gasteiger partial charge in [-0.1, -0.05) is 35.4 Å². The average molecular weight is 424 g/mol. The Bertz CT molecular complexity index is 920. The van der Waals surface area contributed by atoms with Crippen LogP contribution in [-0.2, 0) is 14.3 Å². The second-order valence-electron chi connectivity index (χ2n) is 7.43. The Labute approximate surface area is 172 Å². The molecule has 1 fully saturated rings. The van der Waals surface area contributed by atoms with E-state index >= 15 is 0 Å². The molecule has 2 aromatic carbocycles.